The van der Waals surface area contributed by atoms with Gasteiger partial charge in [0, 0.05) is 11.5 Å². The van der Waals surface area contributed by atoms with Crippen molar-refractivity contribution in [2.24, 2.45) is 23.7 Å². The van der Waals surface area contributed by atoms with E-state index in [4.69, 9.17) is 0 Å². The van der Waals surface area contributed by atoms with Crippen molar-refractivity contribution in [1.82, 2.24) is 4.72 Å². The van der Waals surface area contributed by atoms with E-state index in [0.29, 0.717) is 18.8 Å². The van der Waals surface area contributed by atoms with Gasteiger partial charge >= 0.3 is 6.18 Å². The molecule has 4 saturated carbocycles. The summed E-state index contributed by atoms with van der Waals surface area (Å²) in [4.78, 5) is 11.9. The highest BCUT2D eigenvalue weighted by molar-refractivity contribution is 7.89. The van der Waals surface area contributed by atoms with E-state index in [1.54, 1.807) is 6.92 Å². The van der Waals surface area contributed by atoms with E-state index in [-0.39, 0.29) is 28.4 Å². The van der Waals surface area contributed by atoms with Crippen LogP contribution in [0.15, 0.2) is 29.2 Å². The second-order valence-electron chi connectivity index (χ2n) is 8.51. The van der Waals surface area contributed by atoms with Gasteiger partial charge < -0.3 is 0 Å². The van der Waals surface area contributed by atoms with Crippen LogP contribution in [-0.2, 0) is 21.0 Å². The Morgan fingerprint density at radius 2 is 1.63 bits per heavy atom. The molecule has 4 aliphatic carbocycles. The number of halogens is 3. The molecule has 1 aromatic rings. The summed E-state index contributed by atoms with van der Waals surface area (Å²) in [6, 6.07) is 3.59. The lowest BCUT2D eigenvalue weighted by Crippen LogP contribution is -2.63. The van der Waals surface area contributed by atoms with E-state index in [0.717, 1.165) is 43.5 Å². The number of sulfonamides is 1. The standard InChI is InChI=1S/C19H22F3NO3S/c1-11(24)17-13-6-12-7-14(17)10-18(8-12,9-13)23-27(25,26)16-4-2-15(3-5-16)19(20,21)22/h2-5,12-14,17,23H,6-10H2,1H3. The number of rotatable bonds is 4. The molecule has 1 aromatic carbocycles. The van der Waals surface area contributed by atoms with Crippen molar-refractivity contribution in [3.05, 3.63) is 29.8 Å². The number of benzene rings is 1. The molecule has 148 valence electrons. The van der Waals surface area contributed by atoms with E-state index >= 15 is 0 Å². The fourth-order valence-electron chi connectivity index (χ4n) is 5.98. The SMILES string of the molecule is CC(=O)C1C2CC3CC1CC(NS(=O)(=O)c1ccc(C(F)(F)F)cc1)(C3)C2. The van der Waals surface area contributed by atoms with Gasteiger partial charge in [-0.25, -0.2) is 13.1 Å². The number of nitrogens with one attached hydrogen (secondary N) is 1. The van der Waals surface area contributed by atoms with E-state index in [2.05, 4.69) is 4.72 Å². The number of hydrogen-bond donors (Lipinski definition) is 1. The molecule has 5 rings (SSSR count). The monoisotopic (exact) mass is 401 g/mol. The van der Waals surface area contributed by atoms with Crippen molar-refractivity contribution in [3.8, 4) is 0 Å². The summed E-state index contributed by atoms with van der Waals surface area (Å²) in [5, 5.41) is 0. The Morgan fingerprint density at radius 3 is 2.11 bits per heavy atom. The summed E-state index contributed by atoms with van der Waals surface area (Å²) >= 11 is 0. The smallest absolute Gasteiger partial charge is 0.300 e. The third-order valence-electron chi connectivity index (χ3n) is 6.59. The summed E-state index contributed by atoms with van der Waals surface area (Å²) < 4.78 is 66.6. The average molecular weight is 401 g/mol. The molecule has 2 unspecified atom stereocenters. The summed E-state index contributed by atoms with van der Waals surface area (Å²) in [5.74, 6) is 1.01. The number of ketones is 1. The summed E-state index contributed by atoms with van der Waals surface area (Å²) in [6.45, 7) is 1.62. The first-order valence-electron chi connectivity index (χ1n) is 9.21. The highest BCUT2D eigenvalue weighted by Gasteiger charge is 2.57. The van der Waals surface area contributed by atoms with Gasteiger partial charge in [0.05, 0.1) is 10.5 Å². The Balaban J connectivity index is 1.58. The lowest BCUT2D eigenvalue weighted by Gasteiger charge is -2.59. The maximum Gasteiger partial charge on any atom is 0.416 e. The molecule has 8 heteroatoms. The number of carbonyl (C=O) groups is 1. The van der Waals surface area contributed by atoms with Crippen molar-refractivity contribution in [3.63, 3.8) is 0 Å². The van der Waals surface area contributed by atoms with Crippen LogP contribution in [0.1, 0.15) is 44.6 Å². The molecule has 0 aromatic heterocycles. The molecule has 2 atom stereocenters. The molecular formula is C19H22F3NO3S. The first kappa shape index (κ1) is 18.9. The maximum absolute atomic E-state index is 12.8. The highest BCUT2D eigenvalue weighted by atomic mass is 32.2. The molecule has 0 aliphatic heterocycles. The number of carbonyl (C=O) groups excluding carboxylic acids is 1. The van der Waals surface area contributed by atoms with E-state index in [9.17, 15) is 26.4 Å². The molecule has 1 N–H and O–H groups in total. The first-order valence-corrected chi connectivity index (χ1v) is 10.7. The molecule has 4 nitrogen and oxygen atoms in total. The van der Waals surface area contributed by atoms with Crippen LogP contribution in [-0.4, -0.2) is 19.7 Å². The fourth-order valence-corrected chi connectivity index (χ4v) is 7.41. The molecule has 0 amide bonds. The second kappa shape index (κ2) is 6.04. The average Bonchev–Trinajstić information content (AvgIpc) is 2.51. The minimum atomic E-state index is -4.50. The zero-order valence-corrected chi connectivity index (χ0v) is 15.7. The molecule has 4 fully saturated rings. The molecule has 0 heterocycles. The van der Waals surface area contributed by atoms with Crippen LogP contribution in [0.3, 0.4) is 0 Å². The van der Waals surface area contributed by atoms with Gasteiger partial charge in [0.1, 0.15) is 5.78 Å². The molecule has 0 spiro atoms. The largest absolute Gasteiger partial charge is 0.416 e. The highest BCUT2D eigenvalue weighted by Crippen LogP contribution is 2.58. The van der Waals surface area contributed by atoms with Crippen LogP contribution in [0.25, 0.3) is 0 Å². The van der Waals surface area contributed by atoms with Gasteiger partial charge in [0.15, 0.2) is 0 Å². The van der Waals surface area contributed by atoms with E-state index < -0.39 is 27.3 Å². The van der Waals surface area contributed by atoms with E-state index in [1.807, 2.05) is 0 Å². The van der Waals surface area contributed by atoms with Gasteiger partial charge in [-0.2, -0.15) is 13.2 Å². The number of hydrogen-bond acceptors (Lipinski definition) is 3. The molecule has 4 aliphatic rings. The quantitative estimate of drug-likeness (QED) is 0.836. The Bertz CT molecular complexity index is 847. The fraction of sp³-hybridized carbons (Fsp3) is 0.632. The van der Waals surface area contributed by atoms with Gasteiger partial charge in [-0.1, -0.05) is 0 Å². The predicted octanol–water partition coefficient (Wildman–Crippen LogP) is 3.77. The number of Topliss-reactive ketones (excluding diaryl/α,β-unsaturated/α-hetero) is 1. The maximum atomic E-state index is 12.8. The summed E-state index contributed by atoms with van der Waals surface area (Å²) in [7, 11) is -3.93. The van der Waals surface area contributed by atoms with Crippen molar-refractivity contribution in [2.75, 3.05) is 0 Å². The Kier molecular flexibility index (Phi) is 4.24. The minimum Gasteiger partial charge on any atom is -0.300 e. The van der Waals surface area contributed by atoms with Crippen molar-refractivity contribution in [2.45, 2.75) is 55.6 Å². The molecule has 4 bridgehead atoms. The third kappa shape index (κ3) is 3.31. The van der Waals surface area contributed by atoms with Crippen molar-refractivity contribution >= 4 is 15.8 Å². The van der Waals surface area contributed by atoms with Crippen LogP contribution in [0.4, 0.5) is 13.2 Å². The Labute approximate surface area is 156 Å². The van der Waals surface area contributed by atoms with Crippen LogP contribution < -0.4 is 4.72 Å². The number of alkyl halides is 3. The molecular weight excluding hydrogens is 379 g/mol. The molecule has 27 heavy (non-hydrogen) atoms. The van der Waals surface area contributed by atoms with Crippen LogP contribution in [0.2, 0.25) is 0 Å². The zero-order chi connectivity index (χ0) is 19.6. The van der Waals surface area contributed by atoms with Gasteiger partial charge in [-0.05, 0) is 81.0 Å². The zero-order valence-electron chi connectivity index (χ0n) is 14.9. The van der Waals surface area contributed by atoms with Crippen LogP contribution >= 0.6 is 0 Å². The third-order valence-corrected chi connectivity index (χ3v) is 8.18. The van der Waals surface area contributed by atoms with Gasteiger partial charge in [-0.3, -0.25) is 4.79 Å². The molecule has 0 radical (unpaired) electrons. The van der Waals surface area contributed by atoms with Crippen LogP contribution in [0.5, 0.6) is 0 Å². The Hall–Kier alpha value is -1.41. The predicted molar refractivity (Wildman–Crippen MR) is 92.2 cm³/mol. The van der Waals surface area contributed by atoms with E-state index in [1.165, 1.54) is 0 Å². The normalized spacial score (nSPS) is 35.4. The van der Waals surface area contributed by atoms with Gasteiger partial charge in [0.25, 0.3) is 0 Å². The molecule has 0 saturated heterocycles. The van der Waals surface area contributed by atoms with Crippen molar-refractivity contribution < 1.29 is 26.4 Å². The minimum absolute atomic E-state index is 0.0187. The summed E-state index contributed by atoms with van der Waals surface area (Å²) in [6.07, 6.45) is -0.578. The van der Waals surface area contributed by atoms with Gasteiger partial charge in [0.2, 0.25) is 10.0 Å². The topological polar surface area (TPSA) is 63.2 Å². The first-order chi connectivity index (χ1) is 12.5. The second-order valence-corrected chi connectivity index (χ2v) is 10.2. The lowest BCUT2D eigenvalue weighted by molar-refractivity contribution is -0.138. The van der Waals surface area contributed by atoms with Crippen molar-refractivity contribution in [1.29, 1.82) is 0 Å². The van der Waals surface area contributed by atoms with Gasteiger partial charge in [-0.15, -0.1) is 0 Å². The van der Waals surface area contributed by atoms with Crippen LogP contribution in [0, 0.1) is 23.7 Å². The Morgan fingerprint density at radius 1 is 1.07 bits per heavy atom. The lowest BCUT2D eigenvalue weighted by atomic mass is 9.48. The summed E-state index contributed by atoms with van der Waals surface area (Å²) in [5.41, 5.74) is -1.45.